The lowest BCUT2D eigenvalue weighted by Gasteiger charge is -2.12. The van der Waals surface area contributed by atoms with Gasteiger partial charge in [0, 0.05) is 0 Å². The molecule has 0 fully saturated rings. The van der Waals surface area contributed by atoms with Crippen LogP contribution < -0.4 is 4.74 Å². The summed E-state index contributed by atoms with van der Waals surface area (Å²) in [5.41, 5.74) is 4.59. The summed E-state index contributed by atoms with van der Waals surface area (Å²) >= 11 is 0. The van der Waals surface area contributed by atoms with E-state index in [0.29, 0.717) is 13.0 Å². The second kappa shape index (κ2) is 6.77. The molecule has 102 valence electrons. The van der Waals surface area contributed by atoms with Gasteiger partial charge in [-0.2, -0.15) is 5.26 Å². The summed E-state index contributed by atoms with van der Waals surface area (Å²) in [6.07, 6.45) is 1.46. The zero-order valence-corrected chi connectivity index (χ0v) is 12.0. The normalized spacial score (nSPS) is 10.1. The first-order valence-electron chi connectivity index (χ1n) is 6.90. The lowest BCUT2D eigenvalue weighted by molar-refractivity contribution is 0.303. The standard InChI is InChI=1S/C18H19NO/c1-3-15-8-9-18(14(2)12-15)20-13-17-7-5-4-6-16(17)10-11-19/h4-9,12H,3,10,13H2,1-2H3. The molecule has 0 saturated carbocycles. The molecule has 0 saturated heterocycles. The van der Waals surface area contributed by atoms with Crippen LogP contribution >= 0.6 is 0 Å². The van der Waals surface area contributed by atoms with Crippen molar-refractivity contribution in [3.8, 4) is 11.8 Å². The molecule has 2 heteroatoms. The van der Waals surface area contributed by atoms with Crippen molar-refractivity contribution < 1.29 is 4.74 Å². The summed E-state index contributed by atoms with van der Waals surface area (Å²) in [5.74, 6) is 0.911. The van der Waals surface area contributed by atoms with E-state index in [2.05, 4.69) is 32.0 Å². The van der Waals surface area contributed by atoms with Crippen molar-refractivity contribution in [2.75, 3.05) is 0 Å². The van der Waals surface area contributed by atoms with Gasteiger partial charge in [-0.05, 0) is 41.7 Å². The summed E-state index contributed by atoms with van der Waals surface area (Å²) < 4.78 is 5.90. The highest BCUT2D eigenvalue weighted by Crippen LogP contribution is 2.21. The van der Waals surface area contributed by atoms with Crippen LogP contribution in [0.15, 0.2) is 42.5 Å². The van der Waals surface area contributed by atoms with Crippen LogP contribution in [0.25, 0.3) is 0 Å². The van der Waals surface area contributed by atoms with Crippen molar-refractivity contribution in [2.45, 2.75) is 33.3 Å². The molecule has 0 aliphatic carbocycles. The Labute approximate surface area is 120 Å². The highest BCUT2D eigenvalue weighted by atomic mass is 16.5. The fourth-order valence-electron chi connectivity index (χ4n) is 2.20. The molecule has 2 rings (SSSR count). The van der Waals surface area contributed by atoms with E-state index in [0.717, 1.165) is 28.9 Å². The summed E-state index contributed by atoms with van der Waals surface area (Å²) in [5, 5.41) is 8.84. The van der Waals surface area contributed by atoms with Gasteiger partial charge in [-0.25, -0.2) is 0 Å². The fourth-order valence-corrected chi connectivity index (χ4v) is 2.20. The van der Waals surface area contributed by atoms with Crippen molar-refractivity contribution in [3.05, 3.63) is 64.7 Å². The smallest absolute Gasteiger partial charge is 0.122 e. The second-order valence-corrected chi connectivity index (χ2v) is 4.85. The van der Waals surface area contributed by atoms with Crippen molar-refractivity contribution in [1.29, 1.82) is 5.26 Å². The molecule has 0 unspecified atom stereocenters. The Kier molecular flexibility index (Phi) is 4.79. The average Bonchev–Trinajstić information content (AvgIpc) is 2.47. The lowest BCUT2D eigenvalue weighted by atomic mass is 10.1. The van der Waals surface area contributed by atoms with E-state index in [1.54, 1.807) is 0 Å². The van der Waals surface area contributed by atoms with E-state index in [1.807, 2.05) is 30.3 Å². The topological polar surface area (TPSA) is 33.0 Å². The highest BCUT2D eigenvalue weighted by molar-refractivity contribution is 5.37. The number of hydrogen-bond donors (Lipinski definition) is 0. The molecular formula is C18H19NO. The predicted molar refractivity (Wildman–Crippen MR) is 80.6 cm³/mol. The van der Waals surface area contributed by atoms with E-state index in [4.69, 9.17) is 10.00 Å². The third kappa shape index (κ3) is 3.39. The molecule has 0 aliphatic rings. The van der Waals surface area contributed by atoms with E-state index in [-0.39, 0.29) is 0 Å². The molecule has 2 aromatic rings. The molecule has 0 aliphatic heterocycles. The molecule has 0 heterocycles. The number of nitriles is 1. The molecule has 0 radical (unpaired) electrons. The van der Waals surface area contributed by atoms with Crippen molar-refractivity contribution in [1.82, 2.24) is 0 Å². The van der Waals surface area contributed by atoms with Gasteiger partial charge in [0.25, 0.3) is 0 Å². The van der Waals surface area contributed by atoms with Gasteiger partial charge in [-0.15, -0.1) is 0 Å². The number of hydrogen-bond acceptors (Lipinski definition) is 2. The highest BCUT2D eigenvalue weighted by Gasteiger charge is 2.04. The Morgan fingerprint density at radius 3 is 2.50 bits per heavy atom. The zero-order chi connectivity index (χ0) is 14.4. The summed E-state index contributed by atoms with van der Waals surface area (Å²) in [6.45, 7) is 4.72. The average molecular weight is 265 g/mol. The molecule has 2 nitrogen and oxygen atoms in total. The largest absolute Gasteiger partial charge is 0.489 e. The number of nitrogens with zero attached hydrogens (tertiary/aromatic N) is 1. The van der Waals surface area contributed by atoms with Crippen LogP contribution in [0.2, 0.25) is 0 Å². The molecule has 0 spiro atoms. The third-order valence-corrected chi connectivity index (χ3v) is 3.42. The van der Waals surface area contributed by atoms with Gasteiger partial charge in [0.2, 0.25) is 0 Å². The first-order chi connectivity index (χ1) is 9.74. The number of ether oxygens (including phenoxy) is 1. The Morgan fingerprint density at radius 2 is 1.85 bits per heavy atom. The van der Waals surface area contributed by atoms with Gasteiger partial charge >= 0.3 is 0 Å². The molecule has 0 N–H and O–H groups in total. The maximum Gasteiger partial charge on any atom is 0.122 e. The van der Waals surface area contributed by atoms with Crippen LogP contribution in [-0.2, 0) is 19.4 Å². The maximum absolute atomic E-state index is 8.84. The molecule has 0 atom stereocenters. The van der Waals surface area contributed by atoms with E-state index < -0.39 is 0 Å². The SMILES string of the molecule is CCc1ccc(OCc2ccccc2CC#N)c(C)c1. The number of aryl methyl sites for hydroxylation is 2. The third-order valence-electron chi connectivity index (χ3n) is 3.42. The molecule has 2 aromatic carbocycles. The number of benzene rings is 2. The number of rotatable bonds is 5. The molecule has 0 bridgehead atoms. The molecule has 20 heavy (non-hydrogen) atoms. The second-order valence-electron chi connectivity index (χ2n) is 4.85. The quantitative estimate of drug-likeness (QED) is 0.811. The minimum Gasteiger partial charge on any atom is -0.489 e. The first-order valence-corrected chi connectivity index (χ1v) is 6.90. The van der Waals surface area contributed by atoms with Crippen LogP contribution in [-0.4, -0.2) is 0 Å². The van der Waals surface area contributed by atoms with Gasteiger partial charge in [0.15, 0.2) is 0 Å². The van der Waals surface area contributed by atoms with Gasteiger partial charge in [-0.1, -0.05) is 43.3 Å². The van der Waals surface area contributed by atoms with Gasteiger partial charge in [0.05, 0.1) is 12.5 Å². The van der Waals surface area contributed by atoms with E-state index in [9.17, 15) is 0 Å². The van der Waals surface area contributed by atoms with E-state index >= 15 is 0 Å². The van der Waals surface area contributed by atoms with Crippen LogP contribution in [0.1, 0.15) is 29.2 Å². The molecule has 0 amide bonds. The van der Waals surface area contributed by atoms with Crippen LogP contribution in [0, 0.1) is 18.3 Å². The Morgan fingerprint density at radius 1 is 1.10 bits per heavy atom. The van der Waals surface area contributed by atoms with Gasteiger partial charge in [0.1, 0.15) is 12.4 Å². The van der Waals surface area contributed by atoms with Crippen molar-refractivity contribution >= 4 is 0 Å². The summed E-state index contributed by atoms with van der Waals surface area (Å²) in [6, 6.07) is 16.4. The van der Waals surface area contributed by atoms with Gasteiger partial charge < -0.3 is 4.74 Å². The van der Waals surface area contributed by atoms with Crippen molar-refractivity contribution in [2.24, 2.45) is 0 Å². The lowest BCUT2D eigenvalue weighted by Crippen LogP contribution is -2.01. The minimum absolute atomic E-state index is 0.424. The summed E-state index contributed by atoms with van der Waals surface area (Å²) in [4.78, 5) is 0. The van der Waals surface area contributed by atoms with Gasteiger partial charge in [-0.3, -0.25) is 0 Å². The monoisotopic (exact) mass is 265 g/mol. The zero-order valence-electron chi connectivity index (χ0n) is 12.0. The predicted octanol–water partition coefficient (Wildman–Crippen LogP) is 4.20. The van der Waals surface area contributed by atoms with Crippen LogP contribution in [0.3, 0.4) is 0 Å². The van der Waals surface area contributed by atoms with Crippen LogP contribution in [0.5, 0.6) is 5.75 Å². The molecule has 0 aromatic heterocycles. The van der Waals surface area contributed by atoms with E-state index in [1.165, 1.54) is 5.56 Å². The summed E-state index contributed by atoms with van der Waals surface area (Å²) in [7, 11) is 0. The Balaban J connectivity index is 2.11. The first kappa shape index (κ1) is 14.1. The fraction of sp³-hybridized carbons (Fsp3) is 0.278. The van der Waals surface area contributed by atoms with Crippen molar-refractivity contribution in [3.63, 3.8) is 0 Å². The maximum atomic E-state index is 8.84. The molecular weight excluding hydrogens is 246 g/mol. The Hall–Kier alpha value is -2.27. The minimum atomic E-state index is 0.424. The Bertz CT molecular complexity index is 626. The van der Waals surface area contributed by atoms with Crippen LogP contribution in [0.4, 0.5) is 0 Å².